The highest BCUT2D eigenvalue weighted by Gasteiger charge is 2.43. The summed E-state index contributed by atoms with van der Waals surface area (Å²) in [5.41, 5.74) is 0.809. The van der Waals surface area contributed by atoms with Crippen molar-refractivity contribution < 1.29 is 9.13 Å². The van der Waals surface area contributed by atoms with Crippen molar-refractivity contribution in [1.82, 2.24) is 24.7 Å². The number of halogens is 1. The number of aryl methyl sites for hydroxylation is 1. The Morgan fingerprint density at radius 2 is 1.94 bits per heavy atom. The number of nitrogens with zero attached hydrogens (tertiary/aromatic N) is 7. The highest BCUT2D eigenvalue weighted by atomic mass is 19.1. The van der Waals surface area contributed by atoms with Crippen molar-refractivity contribution in [2.45, 2.75) is 31.8 Å². The maximum Gasteiger partial charge on any atom is 0.244 e. The zero-order chi connectivity index (χ0) is 22.4. The van der Waals surface area contributed by atoms with Gasteiger partial charge in [0.15, 0.2) is 0 Å². The number of methoxy groups -OCH3 is 1. The average Bonchev–Trinajstić information content (AvgIpc) is 3.34. The molecule has 9 nitrogen and oxygen atoms in total. The van der Waals surface area contributed by atoms with Gasteiger partial charge in [-0.3, -0.25) is 0 Å². The summed E-state index contributed by atoms with van der Waals surface area (Å²) in [7, 11) is 1.62. The number of nitrogens with one attached hydrogen (secondary N) is 1. The van der Waals surface area contributed by atoms with Gasteiger partial charge in [-0.2, -0.15) is 4.98 Å². The van der Waals surface area contributed by atoms with Crippen molar-refractivity contribution >= 4 is 23.4 Å². The molecule has 1 saturated heterocycles. The van der Waals surface area contributed by atoms with Crippen molar-refractivity contribution in [3.63, 3.8) is 0 Å². The van der Waals surface area contributed by atoms with Crippen LogP contribution in [0.15, 0.2) is 36.7 Å². The standard InChI is InChI=1S/C23H27FN8O/c1-33-20-11-19(25-14-26-20)30-12-15-6-7-16(13-30)21(15)27-22-28-23-31(8-3-9-32(23)29-22)18-5-2-4-17(24)10-18/h2,4-5,10-11,14-16,21H,3,6-9,12-13H2,1H3,(H,27,29)/t15-,16-/m1/s1. The summed E-state index contributed by atoms with van der Waals surface area (Å²) in [5.74, 6) is 3.67. The van der Waals surface area contributed by atoms with E-state index in [-0.39, 0.29) is 5.82 Å². The topological polar surface area (TPSA) is 84.2 Å². The number of hydrogen-bond acceptors (Lipinski definition) is 8. The highest BCUT2D eigenvalue weighted by Crippen LogP contribution is 2.40. The minimum absolute atomic E-state index is 0.243. The van der Waals surface area contributed by atoms with Crippen molar-refractivity contribution in [2.24, 2.45) is 11.8 Å². The van der Waals surface area contributed by atoms with Gasteiger partial charge < -0.3 is 19.9 Å². The molecule has 2 aromatic heterocycles. The molecule has 172 valence electrons. The van der Waals surface area contributed by atoms with E-state index in [9.17, 15) is 4.39 Å². The molecule has 0 spiro atoms. The Balaban J connectivity index is 1.19. The first-order chi connectivity index (χ1) is 16.2. The van der Waals surface area contributed by atoms with Gasteiger partial charge in [-0.15, -0.1) is 5.10 Å². The summed E-state index contributed by atoms with van der Waals surface area (Å²) in [6.45, 7) is 3.47. The van der Waals surface area contributed by atoms with Gasteiger partial charge in [0, 0.05) is 44.0 Å². The van der Waals surface area contributed by atoms with Crippen LogP contribution in [0.2, 0.25) is 0 Å². The van der Waals surface area contributed by atoms with E-state index in [1.165, 1.54) is 18.9 Å². The van der Waals surface area contributed by atoms with Crippen LogP contribution in [-0.2, 0) is 6.54 Å². The van der Waals surface area contributed by atoms with E-state index in [2.05, 4.69) is 20.2 Å². The van der Waals surface area contributed by atoms with Gasteiger partial charge in [-0.05, 0) is 49.3 Å². The fraction of sp³-hybridized carbons (Fsp3) is 0.478. The van der Waals surface area contributed by atoms with Crippen molar-refractivity contribution in [3.8, 4) is 5.88 Å². The molecule has 2 fully saturated rings. The number of fused-ring (bicyclic) bond motifs is 3. The molecule has 0 amide bonds. The number of piperidine rings is 1. The lowest BCUT2D eigenvalue weighted by atomic mass is 9.92. The molecular formula is C23H27FN8O. The van der Waals surface area contributed by atoms with Crippen LogP contribution < -0.4 is 19.9 Å². The van der Waals surface area contributed by atoms with Gasteiger partial charge in [0.05, 0.1) is 7.11 Å². The lowest BCUT2D eigenvalue weighted by Gasteiger charge is -2.38. The van der Waals surface area contributed by atoms with Crippen LogP contribution >= 0.6 is 0 Å². The van der Waals surface area contributed by atoms with Crippen LogP contribution in [-0.4, -0.2) is 57.5 Å². The van der Waals surface area contributed by atoms with E-state index in [1.54, 1.807) is 25.6 Å². The molecule has 3 aliphatic rings. The van der Waals surface area contributed by atoms with E-state index < -0.39 is 0 Å². The van der Waals surface area contributed by atoms with E-state index in [0.717, 1.165) is 50.1 Å². The number of hydrogen-bond donors (Lipinski definition) is 1. The molecule has 3 aromatic rings. The molecule has 6 rings (SSSR count). The van der Waals surface area contributed by atoms with Crippen LogP contribution in [0, 0.1) is 17.7 Å². The fourth-order valence-corrected chi connectivity index (χ4v) is 5.52. The summed E-state index contributed by atoms with van der Waals surface area (Å²) in [6, 6.07) is 8.90. The molecular weight excluding hydrogens is 423 g/mol. The number of anilines is 4. The van der Waals surface area contributed by atoms with Crippen LogP contribution in [0.1, 0.15) is 19.3 Å². The monoisotopic (exact) mass is 450 g/mol. The summed E-state index contributed by atoms with van der Waals surface area (Å²) < 4.78 is 21.0. The Kier molecular flexibility index (Phi) is 5.00. The van der Waals surface area contributed by atoms with Gasteiger partial charge in [-0.1, -0.05) is 6.07 Å². The predicted molar refractivity (Wildman–Crippen MR) is 122 cm³/mol. The Morgan fingerprint density at radius 3 is 2.73 bits per heavy atom. The van der Waals surface area contributed by atoms with Gasteiger partial charge in [0.2, 0.25) is 17.8 Å². The van der Waals surface area contributed by atoms with Gasteiger partial charge >= 0.3 is 0 Å². The van der Waals surface area contributed by atoms with E-state index in [0.29, 0.717) is 29.7 Å². The second-order valence-corrected chi connectivity index (χ2v) is 9.03. The summed E-state index contributed by atoms with van der Waals surface area (Å²) in [5, 5.41) is 8.40. The van der Waals surface area contributed by atoms with Crippen LogP contribution in [0.5, 0.6) is 5.88 Å². The van der Waals surface area contributed by atoms with Gasteiger partial charge in [-0.25, -0.2) is 19.0 Å². The molecule has 2 bridgehead atoms. The molecule has 1 aliphatic carbocycles. The molecule has 1 N–H and O–H groups in total. The Hall–Kier alpha value is -3.43. The first kappa shape index (κ1) is 20.2. The molecule has 4 heterocycles. The maximum atomic E-state index is 13.8. The smallest absolute Gasteiger partial charge is 0.244 e. The van der Waals surface area contributed by atoms with E-state index in [1.807, 2.05) is 21.7 Å². The lowest BCUT2D eigenvalue weighted by Crippen LogP contribution is -2.48. The van der Waals surface area contributed by atoms with Gasteiger partial charge in [0.1, 0.15) is 18.0 Å². The van der Waals surface area contributed by atoms with Crippen molar-refractivity contribution in [3.05, 3.63) is 42.5 Å². The minimum atomic E-state index is -0.243. The van der Waals surface area contributed by atoms with Crippen LogP contribution in [0.4, 0.5) is 27.8 Å². The quantitative estimate of drug-likeness (QED) is 0.635. The number of benzene rings is 1. The van der Waals surface area contributed by atoms with Crippen LogP contribution in [0.25, 0.3) is 0 Å². The summed E-state index contributed by atoms with van der Waals surface area (Å²) in [4.78, 5) is 17.8. The third-order valence-corrected chi connectivity index (χ3v) is 7.06. The van der Waals surface area contributed by atoms with Crippen molar-refractivity contribution in [2.75, 3.05) is 41.9 Å². The predicted octanol–water partition coefficient (Wildman–Crippen LogP) is 3.08. The zero-order valence-corrected chi connectivity index (χ0v) is 18.6. The Bertz CT molecular complexity index is 1140. The third kappa shape index (κ3) is 3.73. The average molecular weight is 451 g/mol. The third-order valence-electron chi connectivity index (χ3n) is 7.06. The summed E-state index contributed by atoms with van der Waals surface area (Å²) in [6.07, 6.45) is 4.84. The first-order valence-electron chi connectivity index (χ1n) is 11.5. The second kappa shape index (κ2) is 8.17. The molecule has 2 aliphatic heterocycles. The van der Waals surface area contributed by atoms with E-state index in [4.69, 9.17) is 14.8 Å². The molecule has 10 heteroatoms. The summed E-state index contributed by atoms with van der Waals surface area (Å²) >= 11 is 0. The Morgan fingerprint density at radius 1 is 1.09 bits per heavy atom. The second-order valence-electron chi connectivity index (χ2n) is 9.03. The maximum absolute atomic E-state index is 13.8. The number of aromatic nitrogens is 5. The lowest BCUT2D eigenvalue weighted by molar-refractivity contribution is 0.372. The highest BCUT2D eigenvalue weighted by molar-refractivity contribution is 5.59. The Labute approximate surface area is 191 Å². The molecule has 33 heavy (non-hydrogen) atoms. The molecule has 1 aromatic carbocycles. The minimum Gasteiger partial charge on any atom is -0.481 e. The molecule has 1 saturated carbocycles. The first-order valence-corrected chi connectivity index (χ1v) is 11.5. The fourth-order valence-electron chi connectivity index (χ4n) is 5.52. The van der Waals surface area contributed by atoms with E-state index >= 15 is 0 Å². The van der Waals surface area contributed by atoms with Gasteiger partial charge in [0.25, 0.3) is 0 Å². The molecule has 2 atom stereocenters. The molecule has 0 radical (unpaired) electrons. The number of rotatable bonds is 5. The van der Waals surface area contributed by atoms with Crippen molar-refractivity contribution in [1.29, 1.82) is 0 Å². The normalized spacial score (nSPS) is 24.0. The molecule has 0 unspecified atom stereocenters. The zero-order valence-electron chi connectivity index (χ0n) is 18.6. The largest absolute Gasteiger partial charge is 0.481 e. The SMILES string of the molecule is COc1cc(N2C[C@H]3CC[C@H](C2)C3Nc2nc3n(n2)CCCN3c2cccc(F)c2)ncn1. The van der Waals surface area contributed by atoms with Crippen LogP contribution in [0.3, 0.4) is 0 Å². The number of ether oxygens (including phenoxy) is 1.